The standard InChI is InChI=1S/C20H23FN2O4S.ClH/c21-17-5-3-9-22-18(17)8-16-28(24,25)20-7-2-1-6-19(20)27-13-4-10-23-11-14-26-15-12-23;/h1-3,5-9,16H,4,10-15H2;1H/b16-8+;. The number of para-hydroxylation sites is 1. The fourth-order valence-corrected chi connectivity index (χ4v) is 3.98. The summed E-state index contributed by atoms with van der Waals surface area (Å²) in [7, 11) is -3.80. The highest BCUT2D eigenvalue weighted by atomic mass is 35.5. The average molecular weight is 443 g/mol. The summed E-state index contributed by atoms with van der Waals surface area (Å²) >= 11 is 0. The molecular formula is C20H24ClFN2O4S. The molecule has 1 aromatic carbocycles. The molecule has 0 radical (unpaired) electrons. The monoisotopic (exact) mass is 442 g/mol. The van der Waals surface area contributed by atoms with E-state index >= 15 is 0 Å². The van der Waals surface area contributed by atoms with Crippen LogP contribution in [0.3, 0.4) is 0 Å². The van der Waals surface area contributed by atoms with Gasteiger partial charge in [0.15, 0.2) is 0 Å². The number of hydrogen-bond acceptors (Lipinski definition) is 6. The van der Waals surface area contributed by atoms with Gasteiger partial charge in [-0.1, -0.05) is 12.1 Å². The van der Waals surface area contributed by atoms with Crippen LogP contribution >= 0.6 is 12.4 Å². The molecule has 0 unspecified atom stereocenters. The first-order chi connectivity index (χ1) is 13.6. The van der Waals surface area contributed by atoms with E-state index in [2.05, 4.69) is 9.88 Å². The van der Waals surface area contributed by atoms with Crippen molar-refractivity contribution >= 4 is 28.3 Å². The third kappa shape index (κ3) is 6.78. The fraction of sp³-hybridized carbons (Fsp3) is 0.350. The Labute approximate surface area is 176 Å². The number of benzene rings is 1. The molecule has 0 aliphatic carbocycles. The van der Waals surface area contributed by atoms with E-state index in [-0.39, 0.29) is 28.7 Å². The average Bonchev–Trinajstić information content (AvgIpc) is 2.72. The van der Waals surface area contributed by atoms with E-state index in [1.165, 1.54) is 24.4 Å². The van der Waals surface area contributed by atoms with E-state index in [1.54, 1.807) is 18.2 Å². The van der Waals surface area contributed by atoms with Crippen molar-refractivity contribution in [2.24, 2.45) is 0 Å². The van der Waals surface area contributed by atoms with Gasteiger partial charge in [-0.2, -0.15) is 0 Å². The molecule has 3 rings (SSSR count). The molecule has 6 nitrogen and oxygen atoms in total. The molecule has 0 atom stereocenters. The maximum Gasteiger partial charge on any atom is 0.203 e. The molecule has 2 aromatic rings. The normalized spacial score (nSPS) is 15.2. The number of sulfone groups is 1. The summed E-state index contributed by atoms with van der Waals surface area (Å²) in [5.74, 6) is -0.294. The highest BCUT2D eigenvalue weighted by Crippen LogP contribution is 2.26. The predicted molar refractivity (Wildman–Crippen MR) is 111 cm³/mol. The Kier molecular flexibility index (Phi) is 9.03. The van der Waals surface area contributed by atoms with Gasteiger partial charge in [-0.25, -0.2) is 12.8 Å². The largest absolute Gasteiger partial charge is 0.492 e. The Bertz CT molecular complexity index is 918. The highest BCUT2D eigenvalue weighted by Gasteiger charge is 2.17. The summed E-state index contributed by atoms with van der Waals surface area (Å²) < 4.78 is 50.1. The van der Waals surface area contributed by atoms with Crippen molar-refractivity contribution in [2.75, 3.05) is 39.5 Å². The van der Waals surface area contributed by atoms with Crippen molar-refractivity contribution in [2.45, 2.75) is 11.3 Å². The van der Waals surface area contributed by atoms with Crippen LogP contribution in [0.25, 0.3) is 6.08 Å². The molecule has 9 heteroatoms. The minimum Gasteiger partial charge on any atom is -0.492 e. The minimum absolute atomic E-state index is 0. The van der Waals surface area contributed by atoms with Crippen molar-refractivity contribution in [3.63, 3.8) is 0 Å². The van der Waals surface area contributed by atoms with Crippen LogP contribution in [0, 0.1) is 5.82 Å². The first-order valence-corrected chi connectivity index (χ1v) is 10.7. The minimum atomic E-state index is -3.80. The third-order valence-corrected chi connectivity index (χ3v) is 5.77. The molecular weight excluding hydrogens is 419 g/mol. The van der Waals surface area contributed by atoms with Crippen LogP contribution in [-0.4, -0.2) is 57.8 Å². The molecule has 158 valence electrons. The fourth-order valence-electron chi connectivity index (χ4n) is 2.85. The molecule has 29 heavy (non-hydrogen) atoms. The number of rotatable bonds is 8. The smallest absolute Gasteiger partial charge is 0.203 e. The summed E-state index contributed by atoms with van der Waals surface area (Å²) in [6.07, 6.45) is 3.34. The Morgan fingerprint density at radius 3 is 2.69 bits per heavy atom. The van der Waals surface area contributed by atoms with Crippen LogP contribution in [0.4, 0.5) is 4.39 Å². The van der Waals surface area contributed by atoms with Crippen LogP contribution in [-0.2, 0) is 14.6 Å². The number of hydrogen-bond donors (Lipinski definition) is 0. The van der Waals surface area contributed by atoms with Crippen molar-refractivity contribution in [1.29, 1.82) is 0 Å². The lowest BCUT2D eigenvalue weighted by atomic mass is 10.3. The first kappa shape index (κ1) is 23.3. The van der Waals surface area contributed by atoms with Crippen LogP contribution in [0.1, 0.15) is 12.1 Å². The maximum atomic E-state index is 13.7. The number of aromatic nitrogens is 1. The molecule has 0 bridgehead atoms. The number of ether oxygens (including phenoxy) is 2. The van der Waals surface area contributed by atoms with Crippen molar-refractivity contribution in [3.8, 4) is 5.75 Å². The van der Waals surface area contributed by atoms with Gasteiger partial charge in [0.2, 0.25) is 9.84 Å². The van der Waals surface area contributed by atoms with Crippen molar-refractivity contribution in [3.05, 3.63) is 59.5 Å². The molecule has 0 amide bonds. The summed E-state index contributed by atoms with van der Waals surface area (Å²) in [6, 6.07) is 9.12. The molecule has 1 fully saturated rings. The first-order valence-electron chi connectivity index (χ1n) is 9.12. The van der Waals surface area contributed by atoms with E-state index < -0.39 is 15.7 Å². The van der Waals surface area contributed by atoms with Crippen LogP contribution in [0.15, 0.2) is 52.9 Å². The third-order valence-electron chi connectivity index (χ3n) is 4.33. The van der Waals surface area contributed by atoms with Crippen LogP contribution in [0.2, 0.25) is 0 Å². The molecule has 1 aromatic heterocycles. The van der Waals surface area contributed by atoms with Gasteiger partial charge in [-0.05, 0) is 36.8 Å². The van der Waals surface area contributed by atoms with Gasteiger partial charge in [-0.15, -0.1) is 12.4 Å². The number of nitrogens with zero attached hydrogens (tertiary/aromatic N) is 2. The molecule has 1 aliphatic rings. The zero-order valence-electron chi connectivity index (χ0n) is 15.9. The van der Waals surface area contributed by atoms with Crippen molar-refractivity contribution < 1.29 is 22.3 Å². The summed E-state index contributed by atoms with van der Waals surface area (Å²) in [5.41, 5.74) is -0.0324. The van der Waals surface area contributed by atoms with E-state index in [0.717, 1.165) is 50.8 Å². The van der Waals surface area contributed by atoms with Crippen LogP contribution in [0.5, 0.6) is 5.75 Å². The Morgan fingerprint density at radius 2 is 1.93 bits per heavy atom. The van der Waals surface area contributed by atoms with Gasteiger partial charge in [0.1, 0.15) is 16.5 Å². The number of morpholine rings is 1. The number of halogens is 2. The Morgan fingerprint density at radius 1 is 1.17 bits per heavy atom. The predicted octanol–water partition coefficient (Wildman–Crippen LogP) is 3.19. The maximum absolute atomic E-state index is 13.7. The van der Waals surface area contributed by atoms with Gasteiger partial charge in [0.25, 0.3) is 0 Å². The molecule has 0 spiro atoms. The molecule has 2 heterocycles. The van der Waals surface area contributed by atoms with E-state index in [0.29, 0.717) is 6.61 Å². The molecule has 0 N–H and O–H groups in total. The van der Waals surface area contributed by atoms with Gasteiger partial charge >= 0.3 is 0 Å². The van der Waals surface area contributed by atoms with E-state index in [4.69, 9.17) is 9.47 Å². The van der Waals surface area contributed by atoms with Gasteiger partial charge < -0.3 is 9.47 Å². The quantitative estimate of drug-likeness (QED) is 0.585. The van der Waals surface area contributed by atoms with Gasteiger partial charge in [0, 0.05) is 31.2 Å². The highest BCUT2D eigenvalue weighted by molar-refractivity contribution is 7.94. The SMILES string of the molecule is Cl.O=S(=O)(/C=C/c1ncccc1F)c1ccccc1OCCCN1CCOCC1. The number of pyridine rings is 1. The topological polar surface area (TPSA) is 68.7 Å². The Balaban J connectivity index is 0.00000300. The second-order valence-electron chi connectivity index (χ2n) is 6.32. The molecule has 1 aliphatic heterocycles. The zero-order chi connectivity index (χ0) is 19.8. The summed E-state index contributed by atoms with van der Waals surface area (Å²) in [4.78, 5) is 6.17. The molecule has 0 saturated carbocycles. The summed E-state index contributed by atoms with van der Waals surface area (Å²) in [6.45, 7) is 4.57. The second kappa shape index (κ2) is 11.3. The van der Waals surface area contributed by atoms with Gasteiger partial charge in [-0.3, -0.25) is 9.88 Å². The lowest BCUT2D eigenvalue weighted by Crippen LogP contribution is -2.37. The Hall–Kier alpha value is -2.00. The van der Waals surface area contributed by atoms with Crippen molar-refractivity contribution in [1.82, 2.24) is 9.88 Å². The van der Waals surface area contributed by atoms with E-state index in [1.807, 2.05) is 0 Å². The molecule has 1 saturated heterocycles. The van der Waals surface area contributed by atoms with Gasteiger partial charge in [0.05, 0.1) is 25.5 Å². The zero-order valence-corrected chi connectivity index (χ0v) is 17.5. The van der Waals surface area contributed by atoms with E-state index in [9.17, 15) is 12.8 Å². The van der Waals surface area contributed by atoms with Crippen LogP contribution < -0.4 is 4.74 Å². The lowest BCUT2D eigenvalue weighted by Gasteiger charge is -2.26. The summed E-state index contributed by atoms with van der Waals surface area (Å²) in [5, 5.41) is 0.953. The second-order valence-corrected chi connectivity index (χ2v) is 8.12. The lowest BCUT2D eigenvalue weighted by molar-refractivity contribution is 0.0357.